The van der Waals surface area contributed by atoms with Gasteiger partial charge < -0.3 is 5.32 Å². The molecule has 0 spiro atoms. The third-order valence-corrected chi connectivity index (χ3v) is 4.99. The molecule has 2 rings (SSSR count). The Morgan fingerprint density at radius 3 is 2.26 bits per heavy atom. The third-order valence-electron chi connectivity index (χ3n) is 3.85. The van der Waals surface area contributed by atoms with Crippen LogP contribution in [0.25, 0.3) is 0 Å². The van der Waals surface area contributed by atoms with Gasteiger partial charge in [-0.3, -0.25) is 9.10 Å². The Hall–Kier alpha value is -2.48. The van der Waals surface area contributed by atoms with Gasteiger partial charge in [-0.1, -0.05) is 30.3 Å². The minimum Gasteiger partial charge on any atom is -0.349 e. The lowest BCUT2D eigenvalue weighted by molar-refractivity contribution is -0.121. The molecule has 0 unspecified atom stereocenters. The van der Waals surface area contributed by atoms with Crippen molar-refractivity contribution in [3.05, 3.63) is 65.7 Å². The molecule has 146 valence electrons. The number of benzene rings is 2. The van der Waals surface area contributed by atoms with Gasteiger partial charge in [-0.05, 0) is 38.0 Å². The van der Waals surface area contributed by atoms with Gasteiger partial charge in [0.05, 0.1) is 11.9 Å². The van der Waals surface area contributed by atoms with Crippen LogP contribution < -0.4 is 9.62 Å². The van der Waals surface area contributed by atoms with Gasteiger partial charge in [-0.2, -0.15) is 0 Å². The van der Waals surface area contributed by atoms with E-state index >= 15 is 0 Å². The zero-order valence-corrected chi connectivity index (χ0v) is 16.2. The van der Waals surface area contributed by atoms with E-state index in [4.69, 9.17) is 0 Å². The Bertz CT molecular complexity index is 916. The van der Waals surface area contributed by atoms with Crippen LogP contribution in [0.5, 0.6) is 0 Å². The fourth-order valence-corrected chi connectivity index (χ4v) is 3.59. The average molecular weight is 396 g/mol. The van der Waals surface area contributed by atoms with Crippen molar-refractivity contribution in [3.63, 3.8) is 0 Å². The van der Waals surface area contributed by atoms with E-state index in [1.807, 2.05) is 44.2 Å². The molecule has 0 heterocycles. The smallest absolute Gasteiger partial charge is 0.241 e. The third kappa shape index (κ3) is 6.02. The summed E-state index contributed by atoms with van der Waals surface area (Å²) in [5, 5.41) is 2.79. The number of rotatable bonds is 7. The summed E-state index contributed by atoms with van der Waals surface area (Å²) in [6, 6.07) is 12.2. The molecule has 0 aromatic heterocycles. The van der Waals surface area contributed by atoms with Crippen LogP contribution in [0.15, 0.2) is 48.5 Å². The first kappa shape index (κ1) is 20.8. The number of sulfonamides is 1. The van der Waals surface area contributed by atoms with Gasteiger partial charge >= 0.3 is 0 Å². The van der Waals surface area contributed by atoms with Crippen molar-refractivity contribution in [1.82, 2.24) is 5.32 Å². The van der Waals surface area contributed by atoms with Gasteiger partial charge in [0.1, 0.15) is 6.54 Å². The van der Waals surface area contributed by atoms with Crippen LogP contribution in [0.3, 0.4) is 0 Å². The molecule has 0 saturated carbocycles. The van der Waals surface area contributed by atoms with Crippen LogP contribution in [0, 0.1) is 11.6 Å². The second-order valence-electron chi connectivity index (χ2n) is 6.96. The Labute approximate surface area is 158 Å². The zero-order valence-electron chi connectivity index (χ0n) is 15.4. The van der Waals surface area contributed by atoms with E-state index in [1.165, 1.54) is 0 Å². The summed E-state index contributed by atoms with van der Waals surface area (Å²) >= 11 is 0. The van der Waals surface area contributed by atoms with Crippen LogP contribution in [-0.4, -0.2) is 32.7 Å². The zero-order chi connectivity index (χ0) is 20.2. The highest BCUT2D eigenvalue weighted by Gasteiger charge is 2.26. The van der Waals surface area contributed by atoms with Crippen LogP contribution in [0.4, 0.5) is 14.5 Å². The SMILES string of the molecule is CC(C)(Cc1ccccc1)NC(=O)CN(c1ccc(F)c(F)c1)S(C)(=O)=O. The molecule has 0 aliphatic carbocycles. The molecule has 0 bridgehead atoms. The van der Waals surface area contributed by atoms with Crippen molar-refractivity contribution >= 4 is 21.6 Å². The van der Waals surface area contributed by atoms with Crippen LogP contribution >= 0.6 is 0 Å². The maximum Gasteiger partial charge on any atom is 0.241 e. The van der Waals surface area contributed by atoms with E-state index in [0.29, 0.717) is 6.42 Å². The number of anilines is 1. The summed E-state index contributed by atoms with van der Waals surface area (Å²) in [5.41, 5.74) is 0.270. The van der Waals surface area contributed by atoms with Gasteiger partial charge in [-0.15, -0.1) is 0 Å². The Kier molecular flexibility index (Phi) is 6.20. The van der Waals surface area contributed by atoms with Crippen molar-refractivity contribution in [1.29, 1.82) is 0 Å². The normalized spacial score (nSPS) is 11.9. The summed E-state index contributed by atoms with van der Waals surface area (Å²) < 4.78 is 51.4. The number of nitrogens with zero attached hydrogens (tertiary/aromatic N) is 1. The van der Waals surface area contributed by atoms with Crippen molar-refractivity contribution in [2.24, 2.45) is 0 Å². The molecule has 0 atom stereocenters. The van der Waals surface area contributed by atoms with Crippen LogP contribution in [0.2, 0.25) is 0 Å². The van der Waals surface area contributed by atoms with E-state index in [9.17, 15) is 22.0 Å². The van der Waals surface area contributed by atoms with Gasteiger partial charge in [0.15, 0.2) is 11.6 Å². The maximum atomic E-state index is 13.5. The summed E-state index contributed by atoms with van der Waals surface area (Å²) in [6.07, 6.45) is 1.44. The maximum absolute atomic E-state index is 13.5. The van der Waals surface area contributed by atoms with Crippen molar-refractivity contribution in [3.8, 4) is 0 Å². The minimum absolute atomic E-state index is 0.118. The minimum atomic E-state index is -3.87. The monoisotopic (exact) mass is 396 g/mol. The highest BCUT2D eigenvalue weighted by Crippen LogP contribution is 2.20. The summed E-state index contributed by atoms with van der Waals surface area (Å²) in [7, 11) is -3.87. The number of carbonyl (C=O) groups excluding carboxylic acids is 1. The van der Waals surface area contributed by atoms with E-state index < -0.39 is 39.6 Å². The van der Waals surface area contributed by atoms with E-state index in [1.54, 1.807) is 0 Å². The second kappa shape index (κ2) is 8.04. The lowest BCUT2D eigenvalue weighted by atomic mass is 9.95. The molecule has 0 saturated heterocycles. The van der Waals surface area contributed by atoms with Crippen molar-refractivity contribution in [2.45, 2.75) is 25.8 Å². The highest BCUT2D eigenvalue weighted by molar-refractivity contribution is 7.92. The molecule has 2 aromatic carbocycles. The highest BCUT2D eigenvalue weighted by atomic mass is 32.2. The topological polar surface area (TPSA) is 66.5 Å². The van der Waals surface area contributed by atoms with Crippen LogP contribution in [0.1, 0.15) is 19.4 Å². The molecule has 0 fully saturated rings. The standard InChI is InChI=1S/C19H22F2N2O3S/c1-19(2,12-14-7-5-4-6-8-14)22-18(24)13-23(27(3,25)26)15-9-10-16(20)17(21)11-15/h4-11H,12-13H2,1-3H3,(H,22,24). The first-order valence-electron chi connectivity index (χ1n) is 8.26. The van der Waals surface area contributed by atoms with Crippen molar-refractivity contribution < 1.29 is 22.0 Å². The molecule has 8 heteroatoms. The van der Waals surface area contributed by atoms with Gasteiger partial charge in [0, 0.05) is 11.6 Å². The molecule has 0 aliphatic heterocycles. The molecule has 1 amide bonds. The summed E-state index contributed by atoms with van der Waals surface area (Å²) in [5.74, 6) is -2.84. The predicted molar refractivity (Wildman–Crippen MR) is 101 cm³/mol. The predicted octanol–water partition coefficient (Wildman–Crippen LogP) is 2.87. The first-order chi connectivity index (χ1) is 12.5. The van der Waals surface area contributed by atoms with Crippen molar-refractivity contribution in [2.75, 3.05) is 17.1 Å². The number of carbonyl (C=O) groups is 1. The molecule has 5 nitrogen and oxygen atoms in total. The first-order valence-corrected chi connectivity index (χ1v) is 10.1. The molecule has 0 aliphatic rings. The van der Waals surface area contributed by atoms with Gasteiger partial charge in [-0.25, -0.2) is 17.2 Å². The summed E-state index contributed by atoms with van der Waals surface area (Å²) in [6.45, 7) is 3.10. The molecular formula is C19H22F2N2O3S. The largest absolute Gasteiger partial charge is 0.349 e. The lowest BCUT2D eigenvalue weighted by Gasteiger charge is -2.29. The Morgan fingerprint density at radius 1 is 1.07 bits per heavy atom. The average Bonchev–Trinajstić information content (AvgIpc) is 2.54. The number of nitrogens with one attached hydrogen (secondary N) is 1. The Balaban J connectivity index is 2.15. The molecular weight excluding hydrogens is 374 g/mol. The van der Waals surface area contributed by atoms with Gasteiger partial charge in [0.25, 0.3) is 0 Å². The molecule has 0 radical (unpaired) electrons. The number of hydrogen-bond donors (Lipinski definition) is 1. The van der Waals surface area contributed by atoms with E-state index in [-0.39, 0.29) is 5.69 Å². The molecule has 1 N–H and O–H groups in total. The van der Waals surface area contributed by atoms with E-state index in [2.05, 4.69) is 5.32 Å². The quantitative estimate of drug-likeness (QED) is 0.783. The lowest BCUT2D eigenvalue weighted by Crippen LogP contribution is -2.50. The number of halogens is 2. The Morgan fingerprint density at radius 2 is 1.70 bits per heavy atom. The fourth-order valence-electron chi connectivity index (χ4n) is 2.74. The molecule has 2 aromatic rings. The van der Waals surface area contributed by atoms with Crippen LogP contribution in [-0.2, 0) is 21.2 Å². The van der Waals surface area contributed by atoms with Gasteiger partial charge in [0.2, 0.25) is 15.9 Å². The summed E-state index contributed by atoms with van der Waals surface area (Å²) in [4.78, 5) is 12.4. The number of hydrogen-bond acceptors (Lipinski definition) is 3. The van der Waals surface area contributed by atoms with E-state index in [0.717, 1.165) is 34.3 Å². The molecule has 27 heavy (non-hydrogen) atoms. The number of amides is 1. The fraction of sp³-hybridized carbons (Fsp3) is 0.316. The second-order valence-corrected chi connectivity index (χ2v) is 8.87.